The summed E-state index contributed by atoms with van der Waals surface area (Å²) in [4.78, 5) is 30.6. The van der Waals surface area contributed by atoms with E-state index in [1.54, 1.807) is 12.1 Å². The highest BCUT2D eigenvalue weighted by atomic mass is 35.5. The fourth-order valence-corrected chi connectivity index (χ4v) is 4.39. The Kier molecular flexibility index (Phi) is 4.02. The SMILES string of the molecule is NC1=NC(=O)[C@@H]([C@]2(O)C(=O)N(Cc3ccccc3)c3ccc(Cl)cc32)S1. The van der Waals surface area contributed by atoms with E-state index in [0.29, 0.717) is 16.3 Å². The topological polar surface area (TPSA) is 96.0 Å². The van der Waals surface area contributed by atoms with E-state index < -0.39 is 22.7 Å². The summed E-state index contributed by atoms with van der Waals surface area (Å²) in [6.07, 6.45) is 0. The van der Waals surface area contributed by atoms with Gasteiger partial charge in [-0.1, -0.05) is 53.7 Å². The number of nitrogens with two attached hydrogens (primary N) is 1. The Morgan fingerprint density at radius 2 is 1.96 bits per heavy atom. The van der Waals surface area contributed by atoms with Crippen molar-refractivity contribution >= 4 is 46.0 Å². The van der Waals surface area contributed by atoms with Crippen molar-refractivity contribution in [2.24, 2.45) is 10.7 Å². The van der Waals surface area contributed by atoms with E-state index in [9.17, 15) is 14.7 Å². The van der Waals surface area contributed by atoms with E-state index in [1.165, 1.54) is 11.0 Å². The van der Waals surface area contributed by atoms with Gasteiger partial charge in [0.15, 0.2) is 10.8 Å². The first-order valence-electron chi connectivity index (χ1n) is 7.84. The molecular formula is C18H14ClN3O3S. The third-order valence-corrected chi connectivity index (χ3v) is 5.82. The van der Waals surface area contributed by atoms with Crippen molar-refractivity contribution in [3.63, 3.8) is 0 Å². The van der Waals surface area contributed by atoms with Gasteiger partial charge in [-0.15, -0.1) is 0 Å². The minimum atomic E-state index is -2.07. The minimum Gasteiger partial charge on any atom is -0.378 e. The maximum absolute atomic E-state index is 13.2. The molecule has 2 atom stereocenters. The number of rotatable bonds is 3. The number of thioether (sulfide) groups is 1. The van der Waals surface area contributed by atoms with Crippen LogP contribution in [0, 0.1) is 0 Å². The van der Waals surface area contributed by atoms with E-state index in [4.69, 9.17) is 17.3 Å². The van der Waals surface area contributed by atoms with Gasteiger partial charge in [0.1, 0.15) is 5.25 Å². The van der Waals surface area contributed by atoms with Crippen LogP contribution in [0.5, 0.6) is 0 Å². The Morgan fingerprint density at radius 3 is 2.62 bits per heavy atom. The standard InChI is InChI=1S/C18H14ClN3O3S/c19-11-6-7-13-12(8-11)18(25,14-15(23)21-17(20)26-14)16(24)22(13)9-10-4-2-1-3-5-10/h1-8,14,25H,9H2,(H2,20,21,23)/t14-,18-/m0/s1. The highest BCUT2D eigenvalue weighted by Gasteiger charge is 2.59. The molecule has 6 nitrogen and oxygen atoms in total. The third kappa shape index (κ3) is 2.51. The molecule has 8 heteroatoms. The summed E-state index contributed by atoms with van der Waals surface area (Å²) >= 11 is 6.98. The second-order valence-electron chi connectivity index (χ2n) is 6.09. The van der Waals surface area contributed by atoms with E-state index in [0.717, 1.165) is 17.3 Å². The van der Waals surface area contributed by atoms with Gasteiger partial charge in [-0.3, -0.25) is 9.59 Å². The van der Waals surface area contributed by atoms with Gasteiger partial charge in [0.2, 0.25) is 0 Å². The van der Waals surface area contributed by atoms with E-state index in [2.05, 4.69) is 4.99 Å². The number of carbonyl (C=O) groups is 2. The lowest BCUT2D eigenvalue weighted by atomic mass is 9.91. The van der Waals surface area contributed by atoms with Crippen molar-refractivity contribution in [1.82, 2.24) is 0 Å². The molecule has 0 aromatic heterocycles. The van der Waals surface area contributed by atoms with Crippen molar-refractivity contribution in [2.45, 2.75) is 17.4 Å². The predicted molar refractivity (Wildman–Crippen MR) is 101 cm³/mol. The van der Waals surface area contributed by atoms with Crippen LogP contribution in [-0.4, -0.2) is 27.3 Å². The van der Waals surface area contributed by atoms with Gasteiger partial charge in [-0.05, 0) is 23.8 Å². The van der Waals surface area contributed by atoms with Crippen molar-refractivity contribution in [2.75, 3.05) is 4.90 Å². The van der Waals surface area contributed by atoms with Crippen molar-refractivity contribution < 1.29 is 14.7 Å². The Morgan fingerprint density at radius 1 is 1.23 bits per heavy atom. The number of hydrogen-bond acceptors (Lipinski definition) is 5. The van der Waals surface area contributed by atoms with Gasteiger partial charge < -0.3 is 15.7 Å². The van der Waals surface area contributed by atoms with Crippen LogP contribution in [-0.2, 0) is 21.7 Å². The number of nitrogens with zero attached hydrogens (tertiary/aromatic N) is 2. The summed E-state index contributed by atoms with van der Waals surface area (Å²) in [5.41, 5.74) is 5.26. The fraction of sp³-hybridized carbons (Fsp3) is 0.167. The molecule has 2 aliphatic heterocycles. The lowest BCUT2D eigenvalue weighted by Crippen LogP contribution is -2.49. The predicted octanol–water partition coefficient (Wildman–Crippen LogP) is 2.03. The van der Waals surface area contributed by atoms with E-state index in [1.807, 2.05) is 30.3 Å². The zero-order chi connectivity index (χ0) is 18.5. The van der Waals surface area contributed by atoms with Crippen molar-refractivity contribution in [1.29, 1.82) is 0 Å². The molecule has 2 amide bonds. The van der Waals surface area contributed by atoms with Gasteiger partial charge in [0, 0.05) is 10.6 Å². The summed E-state index contributed by atoms with van der Waals surface area (Å²) in [6, 6.07) is 14.2. The molecule has 2 aromatic rings. The number of halogens is 1. The lowest BCUT2D eigenvalue weighted by Gasteiger charge is -2.26. The summed E-state index contributed by atoms with van der Waals surface area (Å²) in [5.74, 6) is -1.22. The third-order valence-electron chi connectivity index (χ3n) is 4.48. The number of anilines is 1. The zero-order valence-electron chi connectivity index (χ0n) is 13.4. The second-order valence-corrected chi connectivity index (χ2v) is 7.65. The van der Waals surface area contributed by atoms with Gasteiger partial charge in [-0.25, -0.2) is 0 Å². The number of amidine groups is 1. The summed E-state index contributed by atoms with van der Waals surface area (Å²) in [7, 11) is 0. The Labute approximate surface area is 158 Å². The largest absolute Gasteiger partial charge is 0.378 e. The molecular weight excluding hydrogens is 374 g/mol. The van der Waals surface area contributed by atoms with Crippen LogP contribution in [0.2, 0.25) is 5.02 Å². The van der Waals surface area contributed by atoms with Crippen LogP contribution in [0.25, 0.3) is 0 Å². The number of carbonyl (C=O) groups excluding carboxylic acids is 2. The van der Waals surface area contributed by atoms with E-state index in [-0.39, 0.29) is 11.7 Å². The highest BCUT2D eigenvalue weighted by Crippen LogP contribution is 2.48. The number of aliphatic imine (C=N–C) groups is 1. The first-order chi connectivity index (χ1) is 12.4. The maximum Gasteiger partial charge on any atom is 0.265 e. The Bertz CT molecular complexity index is 950. The number of benzene rings is 2. The first kappa shape index (κ1) is 17.1. The molecule has 0 aliphatic carbocycles. The number of amides is 2. The normalized spacial score (nSPS) is 24.8. The first-order valence-corrected chi connectivity index (χ1v) is 9.10. The molecule has 4 rings (SSSR count). The number of hydrogen-bond donors (Lipinski definition) is 2. The molecule has 2 aromatic carbocycles. The maximum atomic E-state index is 13.2. The molecule has 0 bridgehead atoms. The summed E-state index contributed by atoms with van der Waals surface area (Å²) in [6.45, 7) is 0.262. The van der Waals surface area contributed by atoms with Crippen molar-refractivity contribution in [3.05, 3.63) is 64.7 Å². The van der Waals surface area contributed by atoms with Crippen LogP contribution in [0.4, 0.5) is 5.69 Å². The molecule has 132 valence electrons. The fourth-order valence-electron chi connectivity index (χ4n) is 3.28. The average Bonchev–Trinajstić information content (AvgIpc) is 3.06. The Balaban J connectivity index is 1.81. The van der Waals surface area contributed by atoms with Crippen LogP contribution < -0.4 is 10.6 Å². The molecule has 26 heavy (non-hydrogen) atoms. The Hall–Kier alpha value is -2.35. The molecule has 0 saturated heterocycles. The summed E-state index contributed by atoms with van der Waals surface area (Å²) < 4.78 is 0. The van der Waals surface area contributed by atoms with E-state index >= 15 is 0 Å². The molecule has 2 aliphatic rings. The van der Waals surface area contributed by atoms with Crippen molar-refractivity contribution in [3.8, 4) is 0 Å². The molecule has 0 unspecified atom stereocenters. The molecule has 2 heterocycles. The minimum absolute atomic E-state index is 0.0336. The quantitative estimate of drug-likeness (QED) is 0.840. The van der Waals surface area contributed by atoms with Crippen LogP contribution in [0.15, 0.2) is 53.5 Å². The van der Waals surface area contributed by atoms with Crippen LogP contribution in [0.1, 0.15) is 11.1 Å². The summed E-state index contributed by atoms with van der Waals surface area (Å²) in [5, 5.41) is 10.6. The van der Waals surface area contributed by atoms with Gasteiger partial charge in [0.05, 0.1) is 12.2 Å². The molecule has 0 radical (unpaired) electrons. The molecule has 0 fully saturated rings. The highest BCUT2D eigenvalue weighted by molar-refractivity contribution is 8.15. The van der Waals surface area contributed by atoms with Gasteiger partial charge >= 0.3 is 0 Å². The van der Waals surface area contributed by atoms with Gasteiger partial charge in [0.25, 0.3) is 11.8 Å². The molecule has 0 spiro atoms. The van der Waals surface area contributed by atoms with Gasteiger partial charge in [-0.2, -0.15) is 4.99 Å². The van der Waals surface area contributed by atoms with Crippen LogP contribution >= 0.6 is 23.4 Å². The number of fused-ring (bicyclic) bond motifs is 1. The zero-order valence-corrected chi connectivity index (χ0v) is 15.0. The molecule has 0 saturated carbocycles. The van der Waals surface area contributed by atoms with Crippen LogP contribution in [0.3, 0.4) is 0 Å². The lowest BCUT2D eigenvalue weighted by molar-refractivity contribution is -0.140. The smallest absolute Gasteiger partial charge is 0.265 e. The second kappa shape index (κ2) is 6.12. The number of aliphatic hydroxyl groups is 1. The molecule has 3 N–H and O–H groups in total. The monoisotopic (exact) mass is 387 g/mol. The average molecular weight is 388 g/mol.